The number of aliphatic imine (C=N–C) groups is 1. The Morgan fingerprint density at radius 1 is 1.26 bits per heavy atom. The molecule has 1 aromatic rings. The van der Waals surface area contributed by atoms with Crippen LogP contribution in [0.2, 0.25) is 0 Å². The van der Waals surface area contributed by atoms with Gasteiger partial charge in [-0.2, -0.15) is 0 Å². The van der Waals surface area contributed by atoms with E-state index in [0.717, 1.165) is 37.8 Å². The fraction of sp³-hybridized carbons (Fsp3) is 0.812. The summed E-state index contributed by atoms with van der Waals surface area (Å²) in [6.07, 6.45) is 2.84. The zero-order valence-corrected chi connectivity index (χ0v) is 15.5. The van der Waals surface area contributed by atoms with Gasteiger partial charge in [-0.05, 0) is 41.0 Å². The molecule has 0 unspecified atom stereocenters. The van der Waals surface area contributed by atoms with Gasteiger partial charge >= 0.3 is 0 Å². The number of hydrogen-bond donors (Lipinski definition) is 2. The van der Waals surface area contributed by atoms with Crippen molar-refractivity contribution in [1.29, 1.82) is 0 Å². The van der Waals surface area contributed by atoms with E-state index in [4.69, 9.17) is 0 Å². The van der Waals surface area contributed by atoms with Gasteiger partial charge in [-0.3, -0.25) is 9.89 Å². The lowest BCUT2D eigenvalue weighted by Gasteiger charge is -2.30. The van der Waals surface area contributed by atoms with E-state index < -0.39 is 0 Å². The summed E-state index contributed by atoms with van der Waals surface area (Å²) >= 11 is 0. The van der Waals surface area contributed by atoms with Gasteiger partial charge in [0.25, 0.3) is 0 Å². The highest BCUT2D eigenvalue weighted by atomic mass is 15.3. The van der Waals surface area contributed by atoms with Crippen LogP contribution < -0.4 is 10.6 Å². The fourth-order valence-corrected chi connectivity index (χ4v) is 2.64. The maximum atomic E-state index is 4.25. The quantitative estimate of drug-likeness (QED) is 0.409. The summed E-state index contributed by atoms with van der Waals surface area (Å²) in [7, 11) is 1.79. The van der Waals surface area contributed by atoms with Crippen LogP contribution in [0, 0.1) is 0 Å². The molecule has 132 valence electrons. The largest absolute Gasteiger partial charge is 0.356 e. The molecule has 0 aromatic carbocycles. The first-order valence-corrected chi connectivity index (χ1v) is 8.56. The summed E-state index contributed by atoms with van der Waals surface area (Å²) in [5.74, 6) is 1.72. The Balaban J connectivity index is 2.32. The summed E-state index contributed by atoms with van der Waals surface area (Å²) in [5, 5.41) is 14.7. The third-order valence-corrected chi connectivity index (χ3v) is 3.89. The van der Waals surface area contributed by atoms with Crippen LogP contribution in [0.1, 0.15) is 46.9 Å². The molecule has 1 heterocycles. The molecule has 0 aliphatic heterocycles. The van der Waals surface area contributed by atoms with Crippen molar-refractivity contribution in [1.82, 2.24) is 30.3 Å². The van der Waals surface area contributed by atoms with Crippen molar-refractivity contribution in [2.24, 2.45) is 4.99 Å². The van der Waals surface area contributed by atoms with Crippen LogP contribution in [0.25, 0.3) is 0 Å². The molecular weight excluding hydrogens is 290 g/mol. The minimum absolute atomic E-state index is 0.577. The molecule has 0 radical (unpaired) electrons. The van der Waals surface area contributed by atoms with Crippen LogP contribution in [-0.2, 0) is 13.1 Å². The molecule has 7 nitrogen and oxygen atoms in total. The zero-order valence-electron chi connectivity index (χ0n) is 15.5. The fourth-order valence-electron chi connectivity index (χ4n) is 2.64. The average molecular weight is 323 g/mol. The molecule has 0 aliphatic carbocycles. The molecular formula is C16H33N7. The van der Waals surface area contributed by atoms with Crippen LogP contribution >= 0.6 is 0 Å². The lowest BCUT2D eigenvalue weighted by molar-refractivity contribution is 0.173. The van der Waals surface area contributed by atoms with Gasteiger partial charge in [0, 0.05) is 38.8 Å². The van der Waals surface area contributed by atoms with Crippen LogP contribution in [0.5, 0.6) is 0 Å². The predicted molar refractivity (Wildman–Crippen MR) is 95.5 cm³/mol. The second kappa shape index (κ2) is 10.2. The molecule has 0 amide bonds. The lowest BCUT2D eigenvalue weighted by atomic mass is 10.2. The zero-order chi connectivity index (χ0) is 17.2. The number of guanidine groups is 1. The maximum Gasteiger partial charge on any atom is 0.191 e. The Labute approximate surface area is 140 Å². The van der Waals surface area contributed by atoms with E-state index in [1.54, 1.807) is 13.4 Å². The molecule has 0 fully saturated rings. The van der Waals surface area contributed by atoms with Crippen molar-refractivity contribution in [3.63, 3.8) is 0 Å². The molecule has 7 heteroatoms. The molecule has 2 N–H and O–H groups in total. The van der Waals surface area contributed by atoms with Gasteiger partial charge in [0.05, 0.1) is 6.54 Å². The number of nitrogens with zero attached hydrogens (tertiary/aromatic N) is 5. The Bertz CT molecular complexity index is 457. The highest BCUT2D eigenvalue weighted by Gasteiger charge is 2.12. The van der Waals surface area contributed by atoms with Crippen molar-refractivity contribution in [2.45, 2.75) is 66.2 Å². The van der Waals surface area contributed by atoms with E-state index in [1.807, 2.05) is 4.57 Å². The first kappa shape index (κ1) is 19.4. The first-order chi connectivity index (χ1) is 11.0. The van der Waals surface area contributed by atoms with Gasteiger partial charge in [-0.25, -0.2) is 0 Å². The van der Waals surface area contributed by atoms with Gasteiger partial charge in [0.1, 0.15) is 6.33 Å². The van der Waals surface area contributed by atoms with E-state index in [1.165, 1.54) is 0 Å². The highest BCUT2D eigenvalue weighted by molar-refractivity contribution is 5.79. The molecule has 0 aliphatic rings. The monoisotopic (exact) mass is 323 g/mol. The van der Waals surface area contributed by atoms with E-state index in [2.05, 4.69) is 65.3 Å². The summed E-state index contributed by atoms with van der Waals surface area (Å²) in [5.41, 5.74) is 0. The summed E-state index contributed by atoms with van der Waals surface area (Å²) in [6, 6.07) is 1.15. The van der Waals surface area contributed by atoms with Crippen molar-refractivity contribution >= 4 is 5.96 Å². The topological polar surface area (TPSA) is 70.4 Å². The number of aryl methyl sites for hydroxylation is 1. The summed E-state index contributed by atoms with van der Waals surface area (Å²) in [4.78, 5) is 6.75. The average Bonchev–Trinajstić information content (AvgIpc) is 2.96. The van der Waals surface area contributed by atoms with Crippen molar-refractivity contribution in [2.75, 3.05) is 20.1 Å². The van der Waals surface area contributed by atoms with Gasteiger partial charge in [-0.1, -0.05) is 0 Å². The Morgan fingerprint density at radius 3 is 2.52 bits per heavy atom. The number of nitrogens with one attached hydrogen (secondary N) is 2. The third kappa shape index (κ3) is 6.56. The molecule has 1 aromatic heterocycles. The molecule has 0 spiro atoms. The standard InChI is InChI=1S/C16H33N7/c1-7-22-12-20-21-15(22)11-19-16(17-6)18-9-8-10-23(13(2)3)14(4)5/h12-14H,7-11H2,1-6H3,(H2,17,18,19). The van der Waals surface area contributed by atoms with Crippen molar-refractivity contribution < 1.29 is 0 Å². The van der Waals surface area contributed by atoms with E-state index >= 15 is 0 Å². The lowest BCUT2D eigenvalue weighted by Crippen LogP contribution is -2.41. The molecule has 0 saturated heterocycles. The van der Waals surface area contributed by atoms with Crippen molar-refractivity contribution in [3.05, 3.63) is 12.2 Å². The predicted octanol–water partition coefficient (Wildman–Crippen LogP) is 1.47. The Kier molecular flexibility index (Phi) is 8.61. The number of aromatic nitrogens is 3. The normalized spacial score (nSPS) is 12.5. The first-order valence-electron chi connectivity index (χ1n) is 8.56. The molecule has 0 saturated carbocycles. The van der Waals surface area contributed by atoms with Crippen molar-refractivity contribution in [3.8, 4) is 0 Å². The Hall–Kier alpha value is -1.63. The van der Waals surface area contributed by atoms with Gasteiger partial charge < -0.3 is 15.2 Å². The minimum Gasteiger partial charge on any atom is -0.356 e. The highest BCUT2D eigenvalue weighted by Crippen LogP contribution is 2.05. The van der Waals surface area contributed by atoms with Crippen LogP contribution in [0.4, 0.5) is 0 Å². The van der Waals surface area contributed by atoms with E-state index in [0.29, 0.717) is 18.6 Å². The summed E-state index contributed by atoms with van der Waals surface area (Å²) in [6.45, 7) is 14.5. The smallest absolute Gasteiger partial charge is 0.191 e. The number of hydrogen-bond acceptors (Lipinski definition) is 4. The van der Waals surface area contributed by atoms with E-state index in [-0.39, 0.29) is 0 Å². The Morgan fingerprint density at radius 2 is 1.96 bits per heavy atom. The van der Waals surface area contributed by atoms with Crippen LogP contribution in [-0.4, -0.2) is 57.8 Å². The van der Waals surface area contributed by atoms with Gasteiger partial charge in [0.15, 0.2) is 11.8 Å². The SMILES string of the molecule is CCn1cnnc1CNC(=NC)NCCCN(C(C)C)C(C)C. The summed E-state index contributed by atoms with van der Waals surface area (Å²) < 4.78 is 2.02. The second-order valence-corrected chi connectivity index (χ2v) is 6.16. The minimum atomic E-state index is 0.577. The maximum absolute atomic E-state index is 4.25. The number of rotatable bonds is 9. The third-order valence-electron chi connectivity index (χ3n) is 3.89. The second-order valence-electron chi connectivity index (χ2n) is 6.16. The van der Waals surface area contributed by atoms with Crippen LogP contribution in [0.3, 0.4) is 0 Å². The molecule has 23 heavy (non-hydrogen) atoms. The van der Waals surface area contributed by atoms with Gasteiger partial charge in [0.2, 0.25) is 0 Å². The van der Waals surface area contributed by atoms with E-state index in [9.17, 15) is 0 Å². The molecule has 1 rings (SSSR count). The molecule has 0 bridgehead atoms. The van der Waals surface area contributed by atoms with Gasteiger partial charge in [-0.15, -0.1) is 10.2 Å². The van der Waals surface area contributed by atoms with Crippen LogP contribution in [0.15, 0.2) is 11.3 Å². The molecule has 0 atom stereocenters.